The van der Waals surface area contributed by atoms with Crippen LogP contribution in [0, 0.1) is 0 Å². The van der Waals surface area contributed by atoms with Crippen LogP contribution in [0.5, 0.6) is 0 Å². The molecule has 7 heteroatoms. The number of benzene rings is 5. The molecule has 0 N–H and O–H groups in total. The van der Waals surface area contributed by atoms with E-state index in [1.165, 1.54) is 12.1 Å². The SMILES string of the molecule is Clc1ccccc1[P+](c1ccccc1Cl)(c1ccccc1Cl)c1ccccc1Cl.O=C([O-])c1ccccc1. The van der Waals surface area contributed by atoms with Crippen LogP contribution in [0.3, 0.4) is 0 Å². The van der Waals surface area contributed by atoms with Gasteiger partial charge in [-0.15, -0.1) is 0 Å². The maximum absolute atomic E-state index is 10.1. The number of carbonyl (C=O) groups excluding carboxylic acids is 1. The van der Waals surface area contributed by atoms with E-state index in [4.69, 9.17) is 46.4 Å². The lowest BCUT2D eigenvalue weighted by atomic mass is 10.2. The van der Waals surface area contributed by atoms with Crippen molar-refractivity contribution in [3.63, 3.8) is 0 Å². The Morgan fingerprint density at radius 2 is 0.711 bits per heavy atom. The number of carboxylic acid groups (broad SMARTS) is 1. The Morgan fingerprint density at radius 1 is 0.447 bits per heavy atom. The van der Waals surface area contributed by atoms with Gasteiger partial charge in [0, 0.05) is 0 Å². The van der Waals surface area contributed by atoms with Crippen molar-refractivity contribution < 1.29 is 9.90 Å². The van der Waals surface area contributed by atoms with Crippen LogP contribution < -0.4 is 26.3 Å². The van der Waals surface area contributed by atoms with Crippen molar-refractivity contribution in [2.24, 2.45) is 0 Å². The molecule has 0 fully saturated rings. The number of carbonyl (C=O) groups is 1. The molecule has 0 bridgehead atoms. The van der Waals surface area contributed by atoms with E-state index in [-0.39, 0.29) is 5.56 Å². The van der Waals surface area contributed by atoms with E-state index in [9.17, 15) is 9.90 Å². The summed E-state index contributed by atoms with van der Waals surface area (Å²) in [5, 5.41) is 16.6. The maximum atomic E-state index is 10.1. The molecule has 0 saturated heterocycles. The molecule has 0 aliphatic rings. The number of hydrogen-bond acceptors (Lipinski definition) is 2. The molecule has 0 aromatic heterocycles. The van der Waals surface area contributed by atoms with Crippen molar-refractivity contribution >= 4 is 80.9 Å². The molecule has 5 aromatic carbocycles. The van der Waals surface area contributed by atoms with E-state index in [1.807, 2.05) is 97.1 Å². The molecule has 0 spiro atoms. The average Bonchev–Trinajstić information content (AvgIpc) is 2.93. The minimum absolute atomic E-state index is 0.220. The minimum Gasteiger partial charge on any atom is -0.545 e. The summed E-state index contributed by atoms with van der Waals surface area (Å²) < 4.78 is 0. The first-order chi connectivity index (χ1) is 18.4. The lowest BCUT2D eigenvalue weighted by Gasteiger charge is -2.30. The van der Waals surface area contributed by atoms with Crippen molar-refractivity contribution in [1.82, 2.24) is 0 Å². The molecule has 0 radical (unpaired) electrons. The van der Waals surface area contributed by atoms with E-state index in [1.54, 1.807) is 18.2 Å². The molecule has 0 amide bonds. The number of rotatable bonds is 5. The number of aromatic carboxylic acids is 1. The lowest BCUT2D eigenvalue weighted by molar-refractivity contribution is -0.255. The molecular formula is C31H21Cl4O2P. The predicted molar refractivity (Wildman–Crippen MR) is 162 cm³/mol. The summed E-state index contributed by atoms with van der Waals surface area (Å²) in [5.74, 6) is -1.13. The number of halogens is 4. The van der Waals surface area contributed by atoms with Crippen LogP contribution in [0.2, 0.25) is 20.1 Å². The lowest BCUT2D eigenvalue weighted by Crippen LogP contribution is -2.40. The molecular weight excluding hydrogens is 577 g/mol. The van der Waals surface area contributed by atoms with Gasteiger partial charge in [-0.25, -0.2) is 0 Å². The van der Waals surface area contributed by atoms with Gasteiger partial charge in [0.1, 0.15) is 21.2 Å². The summed E-state index contributed by atoms with van der Waals surface area (Å²) in [5.41, 5.74) is 0.220. The molecule has 0 atom stereocenters. The first-order valence-corrected chi connectivity index (χ1v) is 14.8. The standard InChI is InChI=1S/C24H16Cl4P.C7H6O2/c25-17-9-1-5-13-21(17)29(22-14-6-2-10-18(22)26,23-15-7-3-11-19(23)27)24-16-8-4-12-20(24)28;8-7(9)6-4-2-1-3-5-6/h1-16H;1-5H,(H,8,9)/q+1;/p-1. The third-order valence-corrected chi connectivity index (χ3v) is 12.2. The quantitative estimate of drug-likeness (QED) is 0.205. The highest BCUT2D eigenvalue weighted by molar-refractivity contribution is 8.02. The Labute approximate surface area is 242 Å². The van der Waals surface area contributed by atoms with Crippen LogP contribution in [-0.4, -0.2) is 5.97 Å². The Hall–Kier alpha value is -2.84. The third-order valence-electron chi connectivity index (χ3n) is 5.86. The van der Waals surface area contributed by atoms with Crippen LogP contribution in [0.4, 0.5) is 0 Å². The molecule has 0 aliphatic carbocycles. The largest absolute Gasteiger partial charge is 0.545 e. The Bertz CT molecular complexity index is 1370. The van der Waals surface area contributed by atoms with Gasteiger partial charge in [-0.3, -0.25) is 0 Å². The first kappa shape index (κ1) is 28.2. The fourth-order valence-electron chi connectivity index (χ4n) is 4.25. The smallest absolute Gasteiger partial charge is 0.150 e. The highest BCUT2D eigenvalue weighted by Crippen LogP contribution is 2.59. The topological polar surface area (TPSA) is 40.1 Å². The Kier molecular flexibility index (Phi) is 9.49. The third kappa shape index (κ3) is 5.76. The summed E-state index contributed by atoms with van der Waals surface area (Å²) in [7, 11) is -2.58. The van der Waals surface area contributed by atoms with Crippen LogP contribution in [0.15, 0.2) is 127 Å². The zero-order chi connectivity index (χ0) is 27.1. The zero-order valence-electron chi connectivity index (χ0n) is 19.9. The Balaban J connectivity index is 0.000000317. The summed E-state index contributed by atoms with van der Waals surface area (Å²) in [6.07, 6.45) is 0. The molecule has 0 saturated carbocycles. The number of hydrogen-bond donors (Lipinski definition) is 0. The van der Waals surface area contributed by atoms with Gasteiger partial charge in [-0.05, 0) is 54.1 Å². The van der Waals surface area contributed by atoms with E-state index in [0.29, 0.717) is 20.1 Å². The summed E-state index contributed by atoms with van der Waals surface area (Å²) >= 11 is 27.3. The predicted octanol–water partition coefficient (Wildman–Crippen LogP) is 6.97. The Morgan fingerprint density at radius 3 is 0.947 bits per heavy atom. The van der Waals surface area contributed by atoms with Crippen LogP contribution in [-0.2, 0) is 0 Å². The fourth-order valence-corrected chi connectivity index (χ4v) is 10.7. The van der Waals surface area contributed by atoms with Crippen LogP contribution in [0.25, 0.3) is 0 Å². The molecule has 5 rings (SSSR count). The van der Waals surface area contributed by atoms with Gasteiger partial charge in [0.15, 0.2) is 7.26 Å². The van der Waals surface area contributed by atoms with Crippen LogP contribution in [0.1, 0.15) is 10.4 Å². The first-order valence-electron chi connectivity index (χ1n) is 11.5. The molecule has 38 heavy (non-hydrogen) atoms. The maximum Gasteiger partial charge on any atom is 0.150 e. The highest BCUT2D eigenvalue weighted by Gasteiger charge is 2.52. The van der Waals surface area contributed by atoms with E-state index in [2.05, 4.69) is 0 Å². The van der Waals surface area contributed by atoms with Crippen molar-refractivity contribution in [1.29, 1.82) is 0 Å². The van der Waals surface area contributed by atoms with Crippen molar-refractivity contribution in [3.8, 4) is 0 Å². The molecule has 5 aromatic rings. The second-order valence-corrected chi connectivity index (χ2v) is 13.0. The van der Waals surface area contributed by atoms with Gasteiger partial charge < -0.3 is 9.90 Å². The second kappa shape index (κ2) is 12.8. The highest BCUT2D eigenvalue weighted by atomic mass is 35.5. The molecule has 190 valence electrons. The van der Waals surface area contributed by atoms with Crippen molar-refractivity contribution in [3.05, 3.63) is 153 Å². The monoisotopic (exact) mass is 596 g/mol. The van der Waals surface area contributed by atoms with E-state index < -0.39 is 13.2 Å². The van der Waals surface area contributed by atoms with Crippen molar-refractivity contribution in [2.75, 3.05) is 0 Å². The minimum atomic E-state index is -2.58. The molecule has 0 heterocycles. The van der Waals surface area contributed by atoms with Gasteiger partial charge in [0.25, 0.3) is 0 Å². The summed E-state index contributed by atoms with van der Waals surface area (Å²) in [6.45, 7) is 0. The van der Waals surface area contributed by atoms with Gasteiger partial charge in [-0.2, -0.15) is 0 Å². The molecule has 0 unspecified atom stereocenters. The van der Waals surface area contributed by atoms with Gasteiger partial charge in [-0.1, -0.05) is 125 Å². The van der Waals surface area contributed by atoms with Gasteiger partial charge in [0.05, 0.1) is 26.1 Å². The van der Waals surface area contributed by atoms with Gasteiger partial charge >= 0.3 is 0 Å². The normalized spacial score (nSPS) is 10.8. The van der Waals surface area contributed by atoms with Crippen molar-refractivity contribution in [2.45, 2.75) is 0 Å². The van der Waals surface area contributed by atoms with Crippen LogP contribution >= 0.6 is 53.7 Å². The average molecular weight is 598 g/mol. The molecule has 2 nitrogen and oxygen atoms in total. The summed E-state index contributed by atoms with van der Waals surface area (Å²) in [4.78, 5) is 10.1. The van der Waals surface area contributed by atoms with Gasteiger partial charge in [0.2, 0.25) is 0 Å². The summed E-state index contributed by atoms with van der Waals surface area (Å²) in [6, 6.07) is 39.5. The zero-order valence-corrected chi connectivity index (χ0v) is 23.8. The second-order valence-electron chi connectivity index (χ2n) is 8.13. The number of carboxylic acids is 1. The fraction of sp³-hybridized carbons (Fsp3) is 0. The van der Waals surface area contributed by atoms with E-state index >= 15 is 0 Å². The van der Waals surface area contributed by atoms with E-state index in [0.717, 1.165) is 21.2 Å². The molecule has 0 aliphatic heterocycles.